The molecule has 0 heterocycles. The Kier molecular flexibility index (Phi) is 8.25. The van der Waals surface area contributed by atoms with Gasteiger partial charge >= 0.3 is 36.3 Å². The van der Waals surface area contributed by atoms with Crippen molar-refractivity contribution in [3.63, 3.8) is 0 Å². The molecule has 0 aliphatic carbocycles. The summed E-state index contributed by atoms with van der Waals surface area (Å²) in [7, 11) is 0. The third-order valence-electron chi connectivity index (χ3n) is 3.26. The van der Waals surface area contributed by atoms with Crippen molar-refractivity contribution >= 4 is 13.2 Å². The first-order chi connectivity index (χ1) is 12.3. The highest BCUT2D eigenvalue weighted by atomic mass is 31.2. The minimum atomic E-state index is -6.42. The first-order valence-electron chi connectivity index (χ1n) is 7.40. The van der Waals surface area contributed by atoms with Gasteiger partial charge in [0, 0.05) is 26.7 Å². The van der Waals surface area contributed by atoms with Gasteiger partial charge in [-0.25, -0.2) is 0 Å². The van der Waals surface area contributed by atoms with E-state index in [2.05, 4.69) is 15.8 Å². The lowest BCUT2D eigenvalue weighted by Gasteiger charge is -2.36. The van der Waals surface area contributed by atoms with Gasteiger partial charge in [-0.05, 0) is 19.2 Å². The van der Waals surface area contributed by atoms with Gasteiger partial charge in [0.25, 0.3) is 0 Å². The van der Waals surface area contributed by atoms with Crippen molar-refractivity contribution in [1.82, 2.24) is 0 Å². The average molecular weight is 482 g/mol. The van der Waals surface area contributed by atoms with Crippen molar-refractivity contribution in [2.75, 3.05) is 12.3 Å². The fraction of sp³-hybridized carbons (Fsp3) is 0.923. The van der Waals surface area contributed by atoms with Gasteiger partial charge in [0.15, 0.2) is 0 Å². The molecule has 0 aromatic carbocycles. The van der Waals surface area contributed by atoms with E-state index in [-0.39, 0.29) is 13.8 Å². The molecular weight excluding hydrogens is 466 g/mol. The van der Waals surface area contributed by atoms with Crippen LogP contribution in [0.4, 0.5) is 57.1 Å². The maximum Gasteiger partial charge on any atom is 0.457 e. The van der Waals surface area contributed by atoms with Gasteiger partial charge in [-0.3, -0.25) is 9.47 Å². The summed E-state index contributed by atoms with van der Waals surface area (Å²) in [5.74, 6) is 0. The Morgan fingerprint density at radius 2 is 0.897 bits per heavy atom. The number of halogens is 13. The smallest absolute Gasteiger partial charge is 0.255 e. The van der Waals surface area contributed by atoms with E-state index in [1.807, 2.05) is 0 Å². The Balaban J connectivity index is 5.69. The first-order valence-corrected chi connectivity index (χ1v) is 9.75. The quantitative estimate of drug-likeness (QED) is 0.238. The second-order valence-electron chi connectivity index (χ2n) is 6.23. The minimum absolute atomic E-state index is 0.166. The summed E-state index contributed by atoms with van der Waals surface area (Å²) in [5.41, 5.74) is -5.87. The van der Waals surface area contributed by atoms with E-state index in [0.29, 0.717) is 0 Å². The lowest BCUT2D eigenvalue weighted by atomic mass is 10.4. The first kappa shape index (κ1) is 28.3. The Hall–Kier alpha value is -0.690. The van der Waals surface area contributed by atoms with E-state index in [1.54, 1.807) is 0 Å². The second kappa shape index (κ2) is 8.45. The molecule has 176 valence electrons. The van der Waals surface area contributed by atoms with Gasteiger partial charge in [-0.2, -0.15) is 57.1 Å². The number of hydrogen-bond donors (Lipinski definition) is 0. The summed E-state index contributed by atoms with van der Waals surface area (Å²) >= 11 is 0. The van der Waals surface area contributed by atoms with Gasteiger partial charge in [-0.15, -0.1) is 0 Å². The van der Waals surface area contributed by atoms with Gasteiger partial charge in [0.1, 0.15) is 0 Å². The minimum Gasteiger partial charge on any atom is -0.255 e. The standard InChI is InChI=1S/C13H16F13O2P/c1-8(14,15)27-10(18,19)4-6-29(3,13(25,26)12(22,23)24)7-5-11(20,21)28-9(2,16)17/h3-7H2,1-2H3. The predicted octanol–water partition coefficient (Wildman–Crippen LogP) is 6.82. The topological polar surface area (TPSA) is 18.5 Å². The number of rotatable bonds is 11. The summed E-state index contributed by atoms with van der Waals surface area (Å²) < 4.78 is 175. The summed E-state index contributed by atoms with van der Waals surface area (Å²) in [6.45, 7) is -5.77. The summed E-state index contributed by atoms with van der Waals surface area (Å²) in [6.07, 6.45) is -30.9. The third-order valence-corrected chi connectivity index (χ3v) is 6.86. The van der Waals surface area contributed by atoms with E-state index in [0.717, 1.165) is 0 Å². The maximum atomic E-state index is 13.8. The monoisotopic (exact) mass is 482 g/mol. The number of alkyl halides is 13. The molecule has 2 nitrogen and oxygen atoms in total. The highest BCUT2D eigenvalue weighted by Crippen LogP contribution is 2.67. The van der Waals surface area contributed by atoms with Crippen LogP contribution in [0.15, 0.2) is 0 Å². The van der Waals surface area contributed by atoms with Crippen molar-refractivity contribution < 1.29 is 66.5 Å². The van der Waals surface area contributed by atoms with Crippen LogP contribution in [0, 0.1) is 0 Å². The van der Waals surface area contributed by atoms with Gasteiger partial charge in [0.2, 0.25) is 0 Å². The fourth-order valence-corrected chi connectivity index (χ4v) is 4.68. The largest absolute Gasteiger partial charge is 0.457 e. The molecule has 0 amide bonds. The van der Waals surface area contributed by atoms with Crippen LogP contribution in [-0.4, -0.2) is 54.9 Å². The van der Waals surface area contributed by atoms with Gasteiger partial charge < -0.3 is 0 Å². The maximum absolute atomic E-state index is 13.8. The molecule has 0 unspecified atom stereocenters. The zero-order chi connectivity index (χ0) is 23.7. The molecule has 16 heteroatoms. The molecule has 0 spiro atoms. The highest BCUT2D eigenvalue weighted by molar-refractivity contribution is 7.74. The van der Waals surface area contributed by atoms with Crippen LogP contribution in [0.25, 0.3) is 0 Å². The Bertz CT molecular complexity index is 553. The SMILES string of the molecule is C=P(CCC(F)(F)OC(C)(F)F)(CCC(F)(F)OC(C)(F)F)C(F)(F)C(F)(F)F. The van der Waals surface area contributed by atoms with Crippen molar-refractivity contribution in [2.24, 2.45) is 0 Å². The normalized spacial score (nSPS) is 15.7. The Morgan fingerprint density at radius 1 is 0.621 bits per heavy atom. The van der Waals surface area contributed by atoms with Crippen molar-refractivity contribution in [2.45, 2.75) is 63.0 Å². The van der Waals surface area contributed by atoms with Crippen molar-refractivity contribution in [1.29, 1.82) is 0 Å². The Labute approximate surface area is 156 Å². The Morgan fingerprint density at radius 3 is 1.10 bits per heavy atom. The predicted molar refractivity (Wildman–Crippen MR) is 77.3 cm³/mol. The molecular formula is C13H16F13O2P. The average Bonchev–Trinajstić information content (AvgIpc) is 2.36. The molecule has 0 saturated carbocycles. The zero-order valence-corrected chi connectivity index (χ0v) is 15.6. The van der Waals surface area contributed by atoms with Gasteiger partial charge in [-0.1, -0.05) is 6.30 Å². The van der Waals surface area contributed by atoms with Crippen molar-refractivity contribution in [3.8, 4) is 0 Å². The van der Waals surface area contributed by atoms with Crippen molar-refractivity contribution in [3.05, 3.63) is 0 Å². The number of ether oxygens (including phenoxy) is 2. The van der Waals surface area contributed by atoms with E-state index in [4.69, 9.17) is 0 Å². The molecule has 0 aromatic rings. The lowest BCUT2D eigenvalue weighted by molar-refractivity contribution is -0.368. The van der Waals surface area contributed by atoms with E-state index >= 15 is 0 Å². The lowest BCUT2D eigenvalue weighted by Crippen LogP contribution is -2.40. The zero-order valence-electron chi connectivity index (χ0n) is 14.7. The molecule has 0 atom stereocenters. The van der Waals surface area contributed by atoms with E-state index < -0.39 is 68.3 Å². The van der Waals surface area contributed by atoms with E-state index in [1.165, 1.54) is 0 Å². The molecule has 0 fully saturated rings. The summed E-state index contributed by atoms with van der Waals surface area (Å²) in [4.78, 5) is 0. The van der Waals surface area contributed by atoms with Crippen LogP contribution >= 0.6 is 6.89 Å². The highest BCUT2D eigenvalue weighted by Gasteiger charge is 2.64. The van der Waals surface area contributed by atoms with E-state index in [9.17, 15) is 57.1 Å². The molecule has 0 radical (unpaired) electrons. The molecule has 0 rings (SSSR count). The third kappa shape index (κ3) is 9.33. The second-order valence-corrected chi connectivity index (χ2v) is 9.97. The van der Waals surface area contributed by atoms with Crippen LogP contribution in [0.1, 0.15) is 26.7 Å². The fourth-order valence-electron chi connectivity index (χ4n) is 1.98. The van der Waals surface area contributed by atoms with Crippen LogP contribution in [-0.2, 0) is 9.47 Å². The summed E-state index contributed by atoms with van der Waals surface area (Å²) in [6, 6.07) is 0. The molecule has 0 aliphatic rings. The van der Waals surface area contributed by atoms with Crippen LogP contribution in [0.5, 0.6) is 0 Å². The van der Waals surface area contributed by atoms with Crippen LogP contribution < -0.4 is 0 Å². The molecule has 29 heavy (non-hydrogen) atoms. The molecule has 0 aromatic heterocycles. The van der Waals surface area contributed by atoms with Crippen LogP contribution in [0.3, 0.4) is 0 Å². The molecule has 0 N–H and O–H groups in total. The van der Waals surface area contributed by atoms with Gasteiger partial charge in [0.05, 0.1) is 0 Å². The number of hydrogen-bond acceptors (Lipinski definition) is 2. The molecule has 0 bridgehead atoms. The molecule has 0 aliphatic heterocycles. The molecule has 0 saturated heterocycles. The van der Waals surface area contributed by atoms with Crippen LogP contribution in [0.2, 0.25) is 0 Å². The summed E-state index contributed by atoms with van der Waals surface area (Å²) in [5, 5.41) is 0.